The average Bonchev–Trinajstić information content (AvgIpc) is 2.54. The molecule has 0 radical (unpaired) electrons. The van der Waals surface area contributed by atoms with Gasteiger partial charge in [-0.2, -0.15) is 0 Å². The lowest BCUT2D eigenvalue weighted by Crippen LogP contribution is -2.34. The molecule has 2 rings (SSSR count). The molecule has 0 N–H and O–H groups in total. The molecule has 0 aromatic heterocycles. The molecule has 0 fully saturated rings. The largest absolute Gasteiger partial charge is 0.457 e. The Morgan fingerprint density at radius 3 is 1.04 bits per heavy atom. The van der Waals surface area contributed by atoms with Gasteiger partial charge in [0.15, 0.2) is 36.2 Å². The molecule has 0 saturated carbocycles. The maximum Gasteiger partial charge on any atom is 0.192 e. The highest BCUT2D eigenvalue weighted by molar-refractivity contribution is 6.74. The second-order valence-electron chi connectivity index (χ2n) is 6.90. The Kier molecular flexibility index (Phi) is 7.39. The van der Waals surface area contributed by atoms with Crippen LogP contribution < -0.4 is 10.4 Å². The van der Waals surface area contributed by atoms with Crippen molar-refractivity contribution in [1.29, 1.82) is 0 Å². The second-order valence-corrected chi connectivity index (χ2v) is 17.2. The van der Waals surface area contributed by atoms with E-state index in [0.717, 1.165) is 0 Å². The van der Waals surface area contributed by atoms with E-state index in [9.17, 15) is 0 Å². The first-order valence-corrected chi connectivity index (χ1v) is 18.8. The maximum absolute atomic E-state index is 6.13. The van der Waals surface area contributed by atoms with Crippen molar-refractivity contribution in [2.24, 2.45) is 0 Å². The van der Waals surface area contributed by atoms with Crippen molar-refractivity contribution in [3.05, 3.63) is 48.5 Å². The summed E-state index contributed by atoms with van der Waals surface area (Å²) in [5, 5.41) is 2.79. The lowest BCUT2D eigenvalue weighted by molar-refractivity contribution is 0.614. The third-order valence-electron chi connectivity index (χ3n) is 4.05. The average molecular weight is 391 g/mol. The minimum atomic E-state index is -1.21. The molecule has 2 nitrogen and oxygen atoms in total. The minimum absolute atomic E-state index is 0.940. The number of benzene rings is 2. The second kappa shape index (κ2) is 9.07. The van der Waals surface area contributed by atoms with Crippen LogP contribution >= 0.6 is 0 Å². The van der Waals surface area contributed by atoms with Crippen molar-refractivity contribution in [2.45, 2.75) is 39.3 Å². The third-order valence-corrected chi connectivity index (χ3v) is 14.3. The summed E-state index contributed by atoms with van der Waals surface area (Å²) in [6.45, 7) is 13.5. The normalized spacial score (nSPS) is 14.2. The van der Waals surface area contributed by atoms with Crippen LogP contribution in [0.3, 0.4) is 0 Å². The van der Waals surface area contributed by atoms with Crippen molar-refractivity contribution >= 4 is 46.5 Å². The van der Waals surface area contributed by atoms with Crippen molar-refractivity contribution < 1.29 is 8.23 Å². The van der Waals surface area contributed by atoms with Gasteiger partial charge in [-0.3, -0.25) is 0 Å². The summed E-state index contributed by atoms with van der Waals surface area (Å²) in [4.78, 5) is 0. The molecule has 2 aromatic rings. The van der Waals surface area contributed by atoms with E-state index in [4.69, 9.17) is 8.23 Å². The summed E-state index contributed by atoms with van der Waals surface area (Å²) in [5.41, 5.74) is 2.56. The molecule has 0 amide bonds. The zero-order valence-corrected chi connectivity index (χ0v) is 20.4. The van der Waals surface area contributed by atoms with Crippen molar-refractivity contribution in [3.8, 4) is 11.1 Å². The maximum atomic E-state index is 6.13. The Labute approximate surface area is 153 Å². The van der Waals surface area contributed by atoms with Crippen LogP contribution in [-0.2, 0) is 8.23 Å². The zero-order valence-electron chi connectivity index (χ0n) is 15.7. The van der Waals surface area contributed by atoms with E-state index >= 15 is 0 Å². The fraction of sp³-hybridized carbons (Fsp3) is 0.333. The van der Waals surface area contributed by atoms with Gasteiger partial charge in [0.05, 0.1) is 0 Å². The Bertz CT molecular complexity index is 569. The van der Waals surface area contributed by atoms with Crippen molar-refractivity contribution in [3.63, 3.8) is 0 Å². The molecule has 0 aliphatic carbocycles. The van der Waals surface area contributed by atoms with Crippen LogP contribution in [-0.4, -0.2) is 36.2 Å². The van der Waals surface area contributed by atoms with Gasteiger partial charge >= 0.3 is 0 Å². The summed E-state index contributed by atoms with van der Waals surface area (Å²) in [5.74, 6) is 0. The standard InChI is InChI=1S/C18H30O2Si4/c1-21(2)19-23(5)17-11-7-15(8-12-17)16-9-13-18(14-10-16)24(6)20-22(3)4/h7-14,21-24H,1-6H3. The molecule has 2 atom stereocenters. The van der Waals surface area contributed by atoms with Gasteiger partial charge < -0.3 is 8.23 Å². The molecule has 6 heteroatoms. The molecule has 2 unspecified atom stereocenters. The van der Waals surface area contributed by atoms with Crippen LogP contribution in [0.5, 0.6) is 0 Å². The molecule has 0 saturated heterocycles. The summed E-state index contributed by atoms with van der Waals surface area (Å²) >= 11 is 0. The predicted octanol–water partition coefficient (Wildman–Crippen LogP) is 2.47. The van der Waals surface area contributed by atoms with E-state index in [1.807, 2.05) is 0 Å². The molecule has 0 aliphatic rings. The molecular weight excluding hydrogens is 361 g/mol. The molecule has 0 aliphatic heterocycles. The summed E-state index contributed by atoms with van der Waals surface area (Å²) in [6.07, 6.45) is 0. The Balaban J connectivity index is 2.09. The van der Waals surface area contributed by atoms with Crippen molar-refractivity contribution in [2.75, 3.05) is 0 Å². The van der Waals surface area contributed by atoms with Crippen LogP contribution in [0.1, 0.15) is 0 Å². The van der Waals surface area contributed by atoms with E-state index in [0.29, 0.717) is 0 Å². The van der Waals surface area contributed by atoms with E-state index < -0.39 is 36.2 Å². The highest BCUT2D eigenvalue weighted by atomic mass is 28.4. The lowest BCUT2D eigenvalue weighted by atomic mass is 10.1. The predicted molar refractivity (Wildman–Crippen MR) is 117 cm³/mol. The molecule has 2 aromatic carbocycles. The fourth-order valence-corrected chi connectivity index (χ4v) is 12.1. The SMILES string of the molecule is C[SiH](C)O[SiH](C)c1ccc(-c2ccc([SiH](C)O[SiH](C)C)cc2)cc1. The van der Waals surface area contributed by atoms with E-state index in [1.54, 1.807) is 0 Å². The van der Waals surface area contributed by atoms with E-state index in [-0.39, 0.29) is 0 Å². The smallest absolute Gasteiger partial charge is 0.192 e. The van der Waals surface area contributed by atoms with Gasteiger partial charge in [-0.15, -0.1) is 0 Å². The first kappa shape index (κ1) is 19.6. The topological polar surface area (TPSA) is 18.5 Å². The van der Waals surface area contributed by atoms with Gasteiger partial charge in [0, 0.05) is 0 Å². The lowest BCUT2D eigenvalue weighted by Gasteiger charge is -2.16. The molecule has 0 bridgehead atoms. The molecule has 24 heavy (non-hydrogen) atoms. The van der Waals surface area contributed by atoms with Gasteiger partial charge in [0.2, 0.25) is 0 Å². The molecular formula is C18H30O2Si4. The van der Waals surface area contributed by atoms with Crippen LogP contribution in [0.2, 0.25) is 39.3 Å². The Morgan fingerprint density at radius 1 is 0.500 bits per heavy atom. The summed E-state index contributed by atoms with van der Waals surface area (Å²) < 4.78 is 12.3. The number of rotatable bonds is 7. The minimum Gasteiger partial charge on any atom is -0.457 e. The summed E-state index contributed by atoms with van der Waals surface area (Å²) in [7, 11) is -4.31. The van der Waals surface area contributed by atoms with Crippen LogP contribution in [0.4, 0.5) is 0 Å². The molecule has 130 valence electrons. The Morgan fingerprint density at radius 2 is 0.792 bits per heavy atom. The Hall–Kier alpha value is -0.772. The van der Waals surface area contributed by atoms with E-state index in [1.165, 1.54) is 21.5 Å². The zero-order chi connectivity index (χ0) is 17.7. The van der Waals surface area contributed by atoms with Crippen molar-refractivity contribution in [1.82, 2.24) is 0 Å². The first-order valence-electron chi connectivity index (χ1n) is 8.88. The van der Waals surface area contributed by atoms with Gasteiger partial charge in [0.1, 0.15) is 0 Å². The molecule has 0 heterocycles. The van der Waals surface area contributed by atoms with Crippen LogP contribution in [0.25, 0.3) is 11.1 Å². The number of hydrogen-bond donors (Lipinski definition) is 0. The highest BCUT2D eigenvalue weighted by Gasteiger charge is 2.12. The third kappa shape index (κ3) is 5.64. The number of hydrogen-bond acceptors (Lipinski definition) is 2. The van der Waals surface area contributed by atoms with Crippen LogP contribution in [0, 0.1) is 0 Å². The summed E-state index contributed by atoms with van der Waals surface area (Å²) in [6, 6.07) is 17.9. The monoisotopic (exact) mass is 390 g/mol. The fourth-order valence-electron chi connectivity index (χ4n) is 2.87. The first-order chi connectivity index (χ1) is 11.4. The molecule has 0 spiro atoms. The quantitative estimate of drug-likeness (QED) is 0.676. The van der Waals surface area contributed by atoms with Gasteiger partial charge in [-0.25, -0.2) is 0 Å². The highest BCUT2D eigenvalue weighted by Crippen LogP contribution is 2.17. The van der Waals surface area contributed by atoms with Gasteiger partial charge in [0.25, 0.3) is 0 Å². The van der Waals surface area contributed by atoms with E-state index in [2.05, 4.69) is 87.8 Å². The van der Waals surface area contributed by atoms with Crippen LogP contribution in [0.15, 0.2) is 48.5 Å². The van der Waals surface area contributed by atoms with Gasteiger partial charge in [-0.1, -0.05) is 48.5 Å². The van der Waals surface area contributed by atoms with Gasteiger partial charge in [-0.05, 0) is 60.8 Å².